The van der Waals surface area contributed by atoms with Gasteiger partial charge in [0.15, 0.2) is 0 Å². The van der Waals surface area contributed by atoms with Gasteiger partial charge in [-0.1, -0.05) is 44.2 Å². The Morgan fingerprint density at radius 3 is 2.38 bits per heavy atom. The summed E-state index contributed by atoms with van der Waals surface area (Å²) >= 11 is 0. The van der Waals surface area contributed by atoms with Crippen LogP contribution in [0, 0.1) is 0 Å². The summed E-state index contributed by atoms with van der Waals surface area (Å²) in [6, 6.07) is 9.42. The summed E-state index contributed by atoms with van der Waals surface area (Å²) in [5, 5.41) is 2.87. The molecule has 3 unspecified atom stereocenters. The molecule has 0 saturated carbocycles. The molecule has 0 spiro atoms. The lowest BCUT2D eigenvalue weighted by atomic mass is 9.89. The van der Waals surface area contributed by atoms with E-state index in [0.29, 0.717) is 6.42 Å². The summed E-state index contributed by atoms with van der Waals surface area (Å²) in [6.07, 6.45) is 1.37. The summed E-state index contributed by atoms with van der Waals surface area (Å²) in [6.45, 7) is 7.58. The molecule has 2 amide bonds. The molecule has 1 aromatic carbocycles. The van der Waals surface area contributed by atoms with E-state index < -0.39 is 11.6 Å². The van der Waals surface area contributed by atoms with Crippen molar-refractivity contribution >= 4 is 11.8 Å². The highest BCUT2D eigenvalue weighted by Crippen LogP contribution is 2.32. The van der Waals surface area contributed by atoms with Crippen LogP contribution >= 0.6 is 0 Å². The van der Waals surface area contributed by atoms with E-state index in [9.17, 15) is 9.59 Å². The summed E-state index contributed by atoms with van der Waals surface area (Å²) in [7, 11) is 0. The van der Waals surface area contributed by atoms with Crippen molar-refractivity contribution in [2.24, 2.45) is 0 Å². The number of rotatable bonds is 4. The Bertz CT molecular complexity index is 529. The van der Waals surface area contributed by atoms with Gasteiger partial charge in [0.05, 0.1) is 6.04 Å². The van der Waals surface area contributed by atoms with Crippen LogP contribution in [0.25, 0.3) is 0 Å². The van der Waals surface area contributed by atoms with Crippen LogP contribution < -0.4 is 5.32 Å². The van der Waals surface area contributed by atoms with Gasteiger partial charge in [-0.15, -0.1) is 0 Å². The van der Waals surface area contributed by atoms with Crippen molar-refractivity contribution in [1.29, 1.82) is 0 Å². The molecule has 2 rings (SSSR count). The average Bonchev–Trinajstić information content (AvgIpc) is 2.50. The molecule has 1 heterocycles. The highest BCUT2D eigenvalue weighted by atomic mass is 16.2. The van der Waals surface area contributed by atoms with Crippen molar-refractivity contribution in [3.05, 3.63) is 35.9 Å². The molecule has 0 aliphatic carbocycles. The molecule has 21 heavy (non-hydrogen) atoms. The predicted molar refractivity (Wildman–Crippen MR) is 82.6 cm³/mol. The number of amides is 2. The number of carbonyl (C=O) groups excluding carboxylic acids is 2. The van der Waals surface area contributed by atoms with Crippen LogP contribution in [0.15, 0.2) is 30.3 Å². The largest absolute Gasteiger partial charge is 0.340 e. The topological polar surface area (TPSA) is 49.4 Å². The van der Waals surface area contributed by atoms with Crippen molar-refractivity contribution in [3.8, 4) is 0 Å². The van der Waals surface area contributed by atoms with E-state index in [0.717, 1.165) is 12.0 Å². The number of hydrogen-bond acceptors (Lipinski definition) is 2. The van der Waals surface area contributed by atoms with Gasteiger partial charge in [0.1, 0.15) is 11.6 Å². The Labute approximate surface area is 126 Å². The third-order valence-electron chi connectivity index (χ3n) is 4.52. The maximum Gasteiger partial charge on any atom is 0.249 e. The number of nitrogens with zero attached hydrogens (tertiary/aromatic N) is 1. The van der Waals surface area contributed by atoms with Gasteiger partial charge in [-0.25, -0.2) is 0 Å². The van der Waals surface area contributed by atoms with Crippen LogP contribution in [0.2, 0.25) is 0 Å². The fraction of sp³-hybridized carbons (Fsp3) is 0.529. The number of benzene rings is 1. The summed E-state index contributed by atoms with van der Waals surface area (Å²) in [5.41, 5.74) is 0.277. The second-order valence-corrected chi connectivity index (χ2v) is 5.90. The third kappa shape index (κ3) is 2.67. The van der Waals surface area contributed by atoms with Gasteiger partial charge in [0.2, 0.25) is 11.8 Å². The SMILES string of the molecule is CCC(c1ccccc1)N1C(=O)C(C)(CC)NC(=O)C1C. The molecule has 1 aromatic rings. The highest BCUT2D eigenvalue weighted by molar-refractivity contribution is 5.99. The molecule has 114 valence electrons. The van der Waals surface area contributed by atoms with Gasteiger partial charge in [-0.2, -0.15) is 0 Å². The van der Waals surface area contributed by atoms with E-state index in [1.807, 2.05) is 51.1 Å². The first-order valence-electron chi connectivity index (χ1n) is 7.64. The molecule has 4 heteroatoms. The summed E-state index contributed by atoms with van der Waals surface area (Å²) in [5.74, 6) is -0.0684. The van der Waals surface area contributed by atoms with Gasteiger partial charge in [0.25, 0.3) is 0 Å². The van der Waals surface area contributed by atoms with Gasteiger partial charge < -0.3 is 10.2 Å². The van der Waals surface area contributed by atoms with Crippen molar-refractivity contribution in [1.82, 2.24) is 10.2 Å². The van der Waals surface area contributed by atoms with Crippen LogP contribution in [0.1, 0.15) is 52.1 Å². The van der Waals surface area contributed by atoms with E-state index >= 15 is 0 Å². The lowest BCUT2D eigenvalue weighted by molar-refractivity contribution is -0.157. The van der Waals surface area contributed by atoms with E-state index in [1.54, 1.807) is 11.8 Å². The van der Waals surface area contributed by atoms with Crippen molar-refractivity contribution in [3.63, 3.8) is 0 Å². The average molecular weight is 288 g/mol. The van der Waals surface area contributed by atoms with E-state index in [4.69, 9.17) is 0 Å². The third-order valence-corrected chi connectivity index (χ3v) is 4.52. The lowest BCUT2D eigenvalue weighted by Gasteiger charge is -2.46. The molecule has 1 aliphatic heterocycles. The second-order valence-electron chi connectivity index (χ2n) is 5.90. The summed E-state index contributed by atoms with van der Waals surface area (Å²) in [4.78, 5) is 27.0. The minimum Gasteiger partial charge on any atom is -0.340 e. The fourth-order valence-corrected chi connectivity index (χ4v) is 2.94. The molecule has 1 aliphatic rings. The molecule has 0 radical (unpaired) electrons. The highest BCUT2D eigenvalue weighted by Gasteiger charge is 2.47. The zero-order chi connectivity index (χ0) is 15.6. The number of carbonyl (C=O) groups is 2. The minimum absolute atomic E-state index is 0.00723. The van der Waals surface area contributed by atoms with Gasteiger partial charge >= 0.3 is 0 Å². The molecule has 0 bridgehead atoms. The van der Waals surface area contributed by atoms with Gasteiger partial charge in [-0.3, -0.25) is 9.59 Å². The molecule has 3 atom stereocenters. The van der Waals surface area contributed by atoms with Crippen LogP contribution in [-0.2, 0) is 9.59 Å². The normalized spacial score (nSPS) is 27.4. The molecule has 4 nitrogen and oxygen atoms in total. The first kappa shape index (κ1) is 15.5. The molecular weight excluding hydrogens is 264 g/mol. The quantitative estimate of drug-likeness (QED) is 0.926. The van der Waals surface area contributed by atoms with Crippen LogP contribution in [0.4, 0.5) is 0 Å². The fourth-order valence-electron chi connectivity index (χ4n) is 2.94. The lowest BCUT2D eigenvalue weighted by Crippen LogP contribution is -2.68. The van der Waals surface area contributed by atoms with E-state index in [1.165, 1.54) is 0 Å². The zero-order valence-electron chi connectivity index (χ0n) is 13.2. The minimum atomic E-state index is -0.800. The zero-order valence-corrected chi connectivity index (χ0v) is 13.2. The van der Waals surface area contributed by atoms with Crippen LogP contribution in [0.3, 0.4) is 0 Å². The Balaban J connectivity index is 2.42. The Morgan fingerprint density at radius 2 is 1.86 bits per heavy atom. The summed E-state index contributed by atoms with van der Waals surface area (Å²) < 4.78 is 0. The van der Waals surface area contributed by atoms with Gasteiger partial charge in [0, 0.05) is 0 Å². The van der Waals surface area contributed by atoms with Crippen LogP contribution in [0.5, 0.6) is 0 Å². The molecule has 1 N–H and O–H groups in total. The standard InChI is InChI=1S/C17H24N2O2/c1-5-14(13-10-8-7-9-11-13)19-12(3)15(20)18-17(4,6-2)16(19)21/h7-12,14H,5-6H2,1-4H3,(H,18,20). The van der Waals surface area contributed by atoms with Crippen molar-refractivity contribution in [2.45, 2.75) is 58.2 Å². The molecular formula is C17H24N2O2. The first-order chi connectivity index (χ1) is 9.94. The Morgan fingerprint density at radius 1 is 1.24 bits per heavy atom. The van der Waals surface area contributed by atoms with E-state index in [2.05, 4.69) is 5.32 Å². The smallest absolute Gasteiger partial charge is 0.249 e. The van der Waals surface area contributed by atoms with Gasteiger partial charge in [-0.05, 0) is 32.3 Å². The maximum atomic E-state index is 12.9. The first-order valence-corrected chi connectivity index (χ1v) is 7.64. The Hall–Kier alpha value is -1.84. The number of piperazine rings is 1. The molecule has 1 saturated heterocycles. The molecule has 0 aromatic heterocycles. The Kier molecular flexibility index (Phi) is 4.35. The van der Waals surface area contributed by atoms with Crippen LogP contribution in [-0.4, -0.2) is 28.3 Å². The van der Waals surface area contributed by atoms with Crippen molar-refractivity contribution < 1.29 is 9.59 Å². The predicted octanol–water partition coefficient (Wildman–Crippen LogP) is 2.65. The van der Waals surface area contributed by atoms with Crippen molar-refractivity contribution in [2.75, 3.05) is 0 Å². The monoisotopic (exact) mass is 288 g/mol. The number of nitrogens with one attached hydrogen (secondary N) is 1. The number of hydrogen-bond donors (Lipinski definition) is 1. The van der Waals surface area contributed by atoms with E-state index in [-0.39, 0.29) is 17.9 Å². The second kappa shape index (κ2) is 5.88. The molecule has 1 fully saturated rings. The maximum absolute atomic E-state index is 12.9.